The van der Waals surface area contributed by atoms with Crippen molar-refractivity contribution < 1.29 is 18.0 Å². The molecule has 2 aliphatic heterocycles. The number of carbonyl (C=O) groups excluding carboxylic acids is 1. The van der Waals surface area contributed by atoms with Crippen LogP contribution in [0, 0.1) is 11.8 Å². The van der Waals surface area contributed by atoms with Crippen LogP contribution in [-0.2, 0) is 17.4 Å². The summed E-state index contributed by atoms with van der Waals surface area (Å²) in [5, 5.41) is 3.71. The number of rotatable bonds is 4. The monoisotopic (exact) mass is 463 g/mol. The van der Waals surface area contributed by atoms with Crippen LogP contribution in [-0.4, -0.2) is 38.1 Å². The second-order valence-electron chi connectivity index (χ2n) is 9.00. The summed E-state index contributed by atoms with van der Waals surface area (Å²) in [7, 11) is 0. The molecule has 0 spiro atoms. The zero-order valence-electron chi connectivity index (χ0n) is 17.5. The molecule has 2 heterocycles. The Bertz CT molecular complexity index is 1020. The van der Waals surface area contributed by atoms with E-state index in [4.69, 9.17) is 11.6 Å². The highest BCUT2D eigenvalue weighted by molar-refractivity contribution is 6.33. The lowest BCUT2D eigenvalue weighted by molar-refractivity contribution is -0.137. The summed E-state index contributed by atoms with van der Waals surface area (Å²) in [6, 6.07) is 11.4. The van der Waals surface area contributed by atoms with E-state index in [0.717, 1.165) is 30.3 Å². The summed E-state index contributed by atoms with van der Waals surface area (Å²) in [6.07, 6.45) is -1.86. The van der Waals surface area contributed by atoms with Crippen molar-refractivity contribution in [1.82, 2.24) is 5.32 Å². The van der Waals surface area contributed by atoms with Crippen LogP contribution in [0.15, 0.2) is 42.5 Å². The van der Waals surface area contributed by atoms with Crippen LogP contribution < -0.4 is 15.1 Å². The molecule has 8 heteroatoms. The summed E-state index contributed by atoms with van der Waals surface area (Å²) in [4.78, 5) is 17.5. The summed E-state index contributed by atoms with van der Waals surface area (Å²) in [5.41, 5.74) is 1.65. The van der Waals surface area contributed by atoms with E-state index in [2.05, 4.69) is 15.1 Å². The number of hydrogen-bond acceptors (Lipinski definition) is 3. The SMILES string of the molecule is O=C(NCC1CC1)C1Cc2cc(C(F)(F)F)ccc2N2CCN(c3ccccc3Cl)CC12. The molecule has 2 fully saturated rings. The van der Waals surface area contributed by atoms with Gasteiger partial charge in [-0.15, -0.1) is 0 Å². The second kappa shape index (κ2) is 8.18. The fourth-order valence-electron chi connectivity index (χ4n) is 4.92. The number of alkyl halides is 3. The van der Waals surface area contributed by atoms with Gasteiger partial charge in [-0.3, -0.25) is 4.79 Å². The van der Waals surface area contributed by atoms with Crippen LogP contribution >= 0.6 is 11.6 Å². The fraction of sp³-hybridized carbons (Fsp3) is 0.458. The molecule has 2 aromatic carbocycles. The molecule has 1 amide bonds. The molecule has 32 heavy (non-hydrogen) atoms. The van der Waals surface area contributed by atoms with Crippen LogP contribution in [0.2, 0.25) is 5.02 Å². The Morgan fingerprint density at radius 1 is 1.09 bits per heavy atom. The number of para-hydroxylation sites is 1. The Hall–Kier alpha value is -2.41. The van der Waals surface area contributed by atoms with E-state index in [9.17, 15) is 18.0 Å². The topological polar surface area (TPSA) is 35.6 Å². The first-order valence-corrected chi connectivity index (χ1v) is 11.4. The van der Waals surface area contributed by atoms with Crippen molar-refractivity contribution in [2.75, 3.05) is 36.0 Å². The summed E-state index contributed by atoms with van der Waals surface area (Å²) in [5.74, 6) is 0.0414. The number of fused-ring (bicyclic) bond motifs is 3. The fourth-order valence-corrected chi connectivity index (χ4v) is 5.18. The molecule has 1 saturated carbocycles. The van der Waals surface area contributed by atoms with E-state index in [1.807, 2.05) is 24.3 Å². The van der Waals surface area contributed by atoms with Crippen LogP contribution in [0.5, 0.6) is 0 Å². The van der Waals surface area contributed by atoms with Crippen molar-refractivity contribution in [3.63, 3.8) is 0 Å². The number of anilines is 2. The first-order chi connectivity index (χ1) is 15.3. The van der Waals surface area contributed by atoms with Gasteiger partial charge in [0.05, 0.1) is 28.2 Å². The molecular formula is C24H25ClF3N3O. The molecule has 2 atom stereocenters. The van der Waals surface area contributed by atoms with Crippen LogP contribution in [0.1, 0.15) is 24.0 Å². The Morgan fingerprint density at radius 3 is 2.59 bits per heavy atom. The highest BCUT2D eigenvalue weighted by Crippen LogP contribution is 2.41. The third-order valence-corrected chi connectivity index (χ3v) is 7.15. The zero-order valence-corrected chi connectivity index (χ0v) is 18.3. The van der Waals surface area contributed by atoms with Gasteiger partial charge in [-0.05, 0) is 61.1 Å². The number of amides is 1. The van der Waals surface area contributed by atoms with Gasteiger partial charge in [-0.1, -0.05) is 23.7 Å². The maximum atomic E-state index is 13.3. The standard InChI is InChI=1S/C24H25ClF3N3O/c25-19-3-1-2-4-21(19)30-9-10-31-20-8-7-17(24(26,27)28)11-16(20)12-18(22(31)14-30)23(32)29-13-15-5-6-15/h1-4,7-8,11,15,18,22H,5-6,9-10,12-14H2,(H,29,32). The highest BCUT2D eigenvalue weighted by Gasteiger charge is 2.43. The maximum absolute atomic E-state index is 13.3. The van der Waals surface area contributed by atoms with Crippen molar-refractivity contribution in [3.05, 3.63) is 58.6 Å². The molecule has 1 aliphatic carbocycles. The summed E-state index contributed by atoms with van der Waals surface area (Å²) < 4.78 is 40.0. The summed E-state index contributed by atoms with van der Waals surface area (Å²) in [6.45, 7) is 2.52. The van der Waals surface area contributed by atoms with Crippen LogP contribution in [0.3, 0.4) is 0 Å². The average Bonchev–Trinajstić information content (AvgIpc) is 3.60. The lowest BCUT2D eigenvalue weighted by Crippen LogP contribution is -2.61. The number of nitrogens with zero attached hydrogens (tertiary/aromatic N) is 2. The molecule has 170 valence electrons. The van der Waals surface area contributed by atoms with Gasteiger partial charge in [0.15, 0.2) is 0 Å². The van der Waals surface area contributed by atoms with Gasteiger partial charge in [-0.2, -0.15) is 13.2 Å². The quantitative estimate of drug-likeness (QED) is 0.710. The smallest absolute Gasteiger partial charge is 0.366 e. The van der Waals surface area contributed by atoms with Gasteiger partial charge >= 0.3 is 6.18 Å². The predicted molar refractivity (Wildman–Crippen MR) is 119 cm³/mol. The van der Waals surface area contributed by atoms with E-state index in [1.165, 1.54) is 6.07 Å². The average molecular weight is 464 g/mol. The number of hydrogen-bond donors (Lipinski definition) is 1. The first kappa shape index (κ1) is 21.4. The molecule has 5 rings (SSSR count). The Balaban J connectivity index is 1.46. The van der Waals surface area contributed by atoms with E-state index in [0.29, 0.717) is 49.1 Å². The van der Waals surface area contributed by atoms with Gasteiger partial charge in [0.2, 0.25) is 5.91 Å². The van der Waals surface area contributed by atoms with Gasteiger partial charge in [0.1, 0.15) is 0 Å². The predicted octanol–water partition coefficient (Wildman–Crippen LogP) is 4.75. The van der Waals surface area contributed by atoms with Gasteiger partial charge < -0.3 is 15.1 Å². The molecule has 0 radical (unpaired) electrons. The Morgan fingerprint density at radius 2 is 1.88 bits per heavy atom. The minimum atomic E-state index is -4.40. The molecule has 2 unspecified atom stereocenters. The van der Waals surface area contributed by atoms with Gasteiger partial charge in [0.25, 0.3) is 0 Å². The molecule has 3 aliphatic rings. The second-order valence-corrected chi connectivity index (χ2v) is 9.41. The van der Waals surface area contributed by atoms with E-state index < -0.39 is 17.7 Å². The number of nitrogens with one attached hydrogen (secondary N) is 1. The van der Waals surface area contributed by atoms with E-state index in [-0.39, 0.29) is 11.9 Å². The molecule has 0 bridgehead atoms. The van der Waals surface area contributed by atoms with Gasteiger partial charge in [0, 0.05) is 31.9 Å². The van der Waals surface area contributed by atoms with Crippen molar-refractivity contribution in [2.24, 2.45) is 11.8 Å². The van der Waals surface area contributed by atoms with E-state index in [1.54, 1.807) is 6.07 Å². The number of carbonyl (C=O) groups is 1. The number of benzene rings is 2. The first-order valence-electron chi connectivity index (χ1n) is 11.0. The zero-order chi connectivity index (χ0) is 22.5. The molecule has 4 nitrogen and oxygen atoms in total. The Labute approximate surface area is 190 Å². The molecule has 2 aromatic rings. The molecule has 0 aromatic heterocycles. The largest absolute Gasteiger partial charge is 0.416 e. The van der Waals surface area contributed by atoms with Crippen LogP contribution in [0.4, 0.5) is 24.5 Å². The normalized spacial score (nSPS) is 22.9. The van der Waals surface area contributed by atoms with Crippen molar-refractivity contribution in [2.45, 2.75) is 31.5 Å². The lowest BCUT2D eigenvalue weighted by atomic mass is 9.82. The van der Waals surface area contributed by atoms with Crippen molar-refractivity contribution >= 4 is 28.9 Å². The maximum Gasteiger partial charge on any atom is 0.416 e. The molecule has 1 saturated heterocycles. The third kappa shape index (κ3) is 4.15. The Kier molecular flexibility index (Phi) is 5.48. The van der Waals surface area contributed by atoms with E-state index >= 15 is 0 Å². The minimum absolute atomic E-state index is 0.0732. The van der Waals surface area contributed by atoms with Crippen molar-refractivity contribution in [3.8, 4) is 0 Å². The van der Waals surface area contributed by atoms with Crippen molar-refractivity contribution in [1.29, 1.82) is 0 Å². The van der Waals surface area contributed by atoms with Crippen LogP contribution in [0.25, 0.3) is 0 Å². The molecular weight excluding hydrogens is 439 g/mol. The number of piperazine rings is 1. The lowest BCUT2D eigenvalue weighted by Gasteiger charge is -2.50. The summed E-state index contributed by atoms with van der Waals surface area (Å²) >= 11 is 6.42. The highest BCUT2D eigenvalue weighted by atomic mass is 35.5. The third-order valence-electron chi connectivity index (χ3n) is 6.83. The number of halogens is 4. The van der Waals surface area contributed by atoms with Gasteiger partial charge in [-0.25, -0.2) is 0 Å². The molecule has 1 N–H and O–H groups in total. The minimum Gasteiger partial charge on any atom is -0.366 e.